The molecule has 3 heterocycles. The van der Waals surface area contributed by atoms with Crippen LogP contribution in [-0.2, 0) is 10.0 Å². The van der Waals surface area contributed by atoms with Gasteiger partial charge in [0.2, 0.25) is 0 Å². The number of halogens is 3. The lowest BCUT2D eigenvalue weighted by Gasteiger charge is -2.06. The van der Waals surface area contributed by atoms with Crippen molar-refractivity contribution in [3.63, 3.8) is 0 Å². The van der Waals surface area contributed by atoms with E-state index in [1.54, 1.807) is 0 Å². The van der Waals surface area contributed by atoms with E-state index in [9.17, 15) is 26.4 Å². The number of nitrogens with zero attached hydrogens (tertiary/aromatic N) is 3. The Balaban J connectivity index is 1.87. The number of carbonyl (C=O) groups excluding carboxylic acids is 1. The molecule has 0 aliphatic rings. The summed E-state index contributed by atoms with van der Waals surface area (Å²) in [5.41, 5.74) is 0.354. The molecule has 3 aromatic rings. The molecule has 0 bridgehead atoms. The third kappa shape index (κ3) is 4.28. The molecule has 0 saturated heterocycles. The van der Waals surface area contributed by atoms with E-state index in [2.05, 4.69) is 15.0 Å². The van der Waals surface area contributed by atoms with Gasteiger partial charge in [0.05, 0.1) is 16.8 Å². The number of hydrogen-bond acceptors (Lipinski definition) is 7. The smallest absolute Gasteiger partial charge is 0.266 e. The molecule has 0 aliphatic carbocycles. The number of rotatable bonds is 5. The molecule has 0 fully saturated rings. The summed E-state index contributed by atoms with van der Waals surface area (Å²) in [6.45, 7) is 0. The van der Waals surface area contributed by atoms with Crippen LogP contribution in [0.25, 0.3) is 21.1 Å². The summed E-state index contributed by atoms with van der Waals surface area (Å²) in [5.74, 6) is -5.55. The Bertz CT molecular complexity index is 1100. The second-order valence-corrected chi connectivity index (χ2v) is 7.75. The topological polar surface area (TPSA) is 102 Å². The maximum absolute atomic E-state index is 13.3. The van der Waals surface area contributed by atoms with Gasteiger partial charge in [-0.3, -0.25) is 9.78 Å². The minimum absolute atomic E-state index is 0.269. The third-order valence-corrected chi connectivity index (χ3v) is 5.17. The molecular formula is C15H9F3N4O3S2. The monoisotopic (exact) mass is 414 g/mol. The van der Waals surface area contributed by atoms with Crippen LogP contribution in [0.1, 0.15) is 10.5 Å². The zero-order valence-corrected chi connectivity index (χ0v) is 14.8. The Kier molecular flexibility index (Phi) is 5.19. The molecule has 0 aliphatic heterocycles. The molecule has 0 saturated carbocycles. The van der Waals surface area contributed by atoms with Gasteiger partial charge in [-0.1, -0.05) is 6.07 Å². The molecule has 7 nitrogen and oxygen atoms in total. The van der Waals surface area contributed by atoms with Crippen LogP contribution < -0.4 is 4.72 Å². The van der Waals surface area contributed by atoms with Gasteiger partial charge in [0, 0.05) is 18.0 Å². The fraction of sp³-hybridized carbons (Fsp3) is 0.0667. The number of aromatic nitrogens is 3. The fourth-order valence-corrected chi connectivity index (χ4v) is 3.30. The zero-order valence-electron chi connectivity index (χ0n) is 13.1. The van der Waals surface area contributed by atoms with Gasteiger partial charge in [-0.05, 0) is 18.2 Å². The molecule has 27 heavy (non-hydrogen) atoms. The Labute approximate surface area is 155 Å². The van der Waals surface area contributed by atoms with Gasteiger partial charge in [0.1, 0.15) is 16.5 Å². The first-order valence-corrected chi connectivity index (χ1v) is 9.51. The lowest BCUT2D eigenvalue weighted by molar-refractivity contribution is 0.0972. The van der Waals surface area contributed by atoms with Gasteiger partial charge in [-0.25, -0.2) is 27.5 Å². The van der Waals surface area contributed by atoms with Crippen molar-refractivity contribution in [1.82, 2.24) is 19.7 Å². The lowest BCUT2D eigenvalue weighted by atomic mass is 10.2. The number of pyridine rings is 2. The summed E-state index contributed by atoms with van der Waals surface area (Å²) >= 11 is 1.14. The Hall–Kier alpha value is -2.86. The van der Waals surface area contributed by atoms with Crippen LogP contribution in [0.4, 0.5) is 13.2 Å². The molecule has 3 aromatic heterocycles. The predicted molar refractivity (Wildman–Crippen MR) is 90.9 cm³/mol. The number of thiazole rings is 1. The fourth-order valence-electron chi connectivity index (χ4n) is 1.98. The number of alkyl halides is 2. The van der Waals surface area contributed by atoms with Crippen molar-refractivity contribution in [1.29, 1.82) is 0 Å². The molecule has 0 spiro atoms. The van der Waals surface area contributed by atoms with Crippen molar-refractivity contribution < 1.29 is 26.4 Å². The number of nitrogens with one attached hydrogen (secondary N) is 1. The first-order chi connectivity index (χ1) is 12.8. The highest BCUT2D eigenvalue weighted by molar-refractivity contribution is 7.90. The molecule has 0 atom stereocenters. The van der Waals surface area contributed by atoms with E-state index in [0.717, 1.165) is 17.5 Å². The second kappa shape index (κ2) is 7.40. The van der Waals surface area contributed by atoms with Crippen LogP contribution in [-0.4, -0.2) is 35.0 Å². The van der Waals surface area contributed by atoms with Crippen molar-refractivity contribution in [2.24, 2.45) is 0 Å². The summed E-state index contributed by atoms with van der Waals surface area (Å²) in [6, 6.07) is 5.37. The molecule has 0 unspecified atom stereocenters. The van der Waals surface area contributed by atoms with Gasteiger partial charge < -0.3 is 0 Å². The van der Waals surface area contributed by atoms with Crippen LogP contribution in [0.2, 0.25) is 0 Å². The third-order valence-electron chi connectivity index (χ3n) is 3.16. The SMILES string of the molecule is O=C(NS(=O)(=O)C(F)F)c1cccc(-c2cnc(-c3cncc(F)c3)s2)n1. The summed E-state index contributed by atoms with van der Waals surface area (Å²) < 4.78 is 61.5. The minimum atomic E-state index is -5.08. The zero-order chi connectivity index (χ0) is 19.6. The van der Waals surface area contributed by atoms with Crippen molar-refractivity contribution in [3.05, 3.63) is 54.4 Å². The number of sulfonamides is 1. The summed E-state index contributed by atoms with van der Waals surface area (Å²) in [4.78, 5) is 24.2. The highest BCUT2D eigenvalue weighted by Crippen LogP contribution is 2.31. The Morgan fingerprint density at radius 3 is 2.67 bits per heavy atom. The average Bonchev–Trinajstić information content (AvgIpc) is 3.11. The standard InChI is InChI=1S/C15H9F3N4O3S2/c16-9-4-8(5-19-6-9)14-20-7-12(26-14)10-2-1-3-11(21-10)13(23)22-27(24,25)15(17)18/h1-7,15H,(H,22,23). The Morgan fingerprint density at radius 2 is 1.96 bits per heavy atom. The molecule has 12 heteroatoms. The van der Waals surface area contributed by atoms with Crippen LogP contribution >= 0.6 is 11.3 Å². The van der Waals surface area contributed by atoms with E-state index in [1.807, 2.05) is 0 Å². The van der Waals surface area contributed by atoms with E-state index in [0.29, 0.717) is 15.4 Å². The second-order valence-electron chi connectivity index (χ2n) is 5.07. The van der Waals surface area contributed by atoms with E-state index in [-0.39, 0.29) is 11.4 Å². The molecule has 3 rings (SSSR count). The number of amides is 1. The van der Waals surface area contributed by atoms with Crippen molar-refractivity contribution in [2.75, 3.05) is 0 Å². The molecule has 1 N–H and O–H groups in total. The molecule has 0 radical (unpaired) electrons. The maximum Gasteiger partial charge on any atom is 0.355 e. The minimum Gasteiger partial charge on any atom is -0.266 e. The van der Waals surface area contributed by atoms with Gasteiger partial charge in [0.25, 0.3) is 15.9 Å². The summed E-state index contributed by atoms with van der Waals surface area (Å²) in [6.07, 6.45) is 3.91. The number of hydrogen-bond donors (Lipinski definition) is 1. The number of carbonyl (C=O) groups is 1. The predicted octanol–water partition coefficient (Wildman–Crippen LogP) is 2.69. The highest BCUT2D eigenvalue weighted by atomic mass is 32.2. The van der Waals surface area contributed by atoms with Gasteiger partial charge in [-0.15, -0.1) is 11.3 Å². The van der Waals surface area contributed by atoms with E-state index < -0.39 is 27.5 Å². The first-order valence-electron chi connectivity index (χ1n) is 7.14. The maximum atomic E-state index is 13.3. The summed E-state index contributed by atoms with van der Waals surface area (Å²) in [7, 11) is -5.08. The van der Waals surface area contributed by atoms with Crippen molar-refractivity contribution in [2.45, 2.75) is 5.76 Å². The molecule has 1 amide bonds. The van der Waals surface area contributed by atoms with Gasteiger partial charge >= 0.3 is 5.76 Å². The average molecular weight is 414 g/mol. The van der Waals surface area contributed by atoms with E-state index in [1.165, 1.54) is 41.4 Å². The Morgan fingerprint density at radius 1 is 1.19 bits per heavy atom. The molecule has 0 aromatic carbocycles. The highest BCUT2D eigenvalue weighted by Gasteiger charge is 2.27. The summed E-state index contributed by atoms with van der Waals surface area (Å²) in [5, 5.41) is 0.453. The quantitative estimate of drug-likeness (QED) is 0.689. The van der Waals surface area contributed by atoms with Gasteiger partial charge in [0.15, 0.2) is 0 Å². The van der Waals surface area contributed by atoms with E-state index >= 15 is 0 Å². The molecular weight excluding hydrogens is 405 g/mol. The first kappa shape index (κ1) is 18.9. The van der Waals surface area contributed by atoms with Gasteiger partial charge in [-0.2, -0.15) is 8.78 Å². The van der Waals surface area contributed by atoms with Crippen LogP contribution in [0.3, 0.4) is 0 Å². The largest absolute Gasteiger partial charge is 0.355 e. The van der Waals surface area contributed by atoms with E-state index in [4.69, 9.17) is 0 Å². The van der Waals surface area contributed by atoms with Crippen LogP contribution in [0.5, 0.6) is 0 Å². The molecule has 140 valence electrons. The van der Waals surface area contributed by atoms with Crippen molar-refractivity contribution >= 4 is 27.3 Å². The van der Waals surface area contributed by atoms with Crippen molar-refractivity contribution in [3.8, 4) is 21.1 Å². The van der Waals surface area contributed by atoms with Crippen LogP contribution in [0, 0.1) is 5.82 Å². The lowest BCUT2D eigenvalue weighted by Crippen LogP contribution is -2.35. The normalized spacial score (nSPS) is 11.6. The van der Waals surface area contributed by atoms with Crippen LogP contribution in [0.15, 0.2) is 42.9 Å².